The Hall–Kier alpha value is -2.28. The summed E-state index contributed by atoms with van der Waals surface area (Å²) in [5, 5.41) is 8.92. The number of nitriles is 1. The summed E-state index contributed by atoms with van der Waals surface area (Å²) >= 11 is 0. The smallest absolute Gasteiger partial charge is 0.259 e. The van der Waals surface area contributed by atoms with Crippen molar-refractivity contribution in [1.29, 1.82) is 5.26 Å². The van der Waals surface area contributed by atoms with Gasteiger partial charge in [-0.1, -0.05) is 6.07 Å². The SMILES string of the molecule is COc1ccc(/C=C(\C#N)C(N)=O)c2c1CCCC2. The summed E-state index contributed by atoms with van der Waals surface area (Å²) in [6, 6.07) is 5.60. The fraction of sp³-hybridized carbons (Fsp3) is 0.333. The molecule has 0 fully saturated rings. The van der Waals surface area contributed by atoms with Gasteiger partial charge in [-0.3, -0.25) is 4.79 Å². The van der Waals surface area contributed by atoms with Crippen LogP contribution in [0.5, 0.6) is 5.75 Å². The van der Waals surface area contributed by atoms with Gasteiger partial charge < -0.3 is 10.5 Å². The van der Waals surface area contributed by atoms with Crippen LogP contribution in [-0.4, -0.2) is 13.0 Å². The quantitative estimate of drug-likeness (QED) is 0.663. The number of hydrogen-bond acceptors (Lipinski definition) is 3. The average molecular weight is 256 g/mol. The molecule has 0 bridgehead atoms. The normalized spacial score (nSPS) is 14.4. The monoisotopic (exact) mass is 256 g/mol. The largest absolute Gasteiger partial charge is 0.496 e. The van der Waals surface area contributed by atoms with Crippen molar-refractivity contribution in [2.45, 2.75) is 25.7 Å². The van der Waals surface area contributed by atoms with Crippen molar-refractivity contribution >= 4 is 12.0 Å². The first-order valence-corrected chi connectivity index (χ1v) is 6.27. The second kappa shape index (κ2) is 5.57. The molecule has 98 valence electrons. The molecule has 1 aromatic rings. The third-order valence-corrected chi connectivity index (χ3v) is 3.43. The molecule has 0 unspecified atom stereocenters. The highest BCUT2D eigenvalue weighted by Gasteiger charge is 2.17. The van der Waals surface area contributed by atoms with Gasteiger partial charge in [0.2, 0.25) is 0 Å². The van der Waals surface area contributed by atoms with E-state index >= 15 is 0 Å². The molecule has 4 heteroatoms. The van der Waals surface area contributed by atoms with Crippen LogP contribution >= 0.6 is 0 Å². The van der Waals surface area contributed by atoms with Crippen molar-refractivity contribution in [3.8, 4) is 11.8 Å². The number of nitrogens with two attached hydrogens (primary N) is 1. The van der Waals surface area contributed by atoms with E-state index in [9.17, 15) is 4.79 Å². The number of carbonyl (C=O) groups is 1. The lowest BCUT2D eigenvalue weighted by Gasteiger charge is -2.20. The molecule has 4 nitrogen and oxygen atoms in total. The predicted molar refractivity (Wildman–Crippen MR) is 72.4 cm³/mol. The number of primary amides is 1. The Morgan fingerprint density at radius 3 is 2.63 bits per heavy atom. The first kappa shape index (κ1) is 13.2. The maximum absolute atomic E-state index is 11.1. The fourth-order valence-corrected chi connectivity index (χ4v) is 2.50. The zero-order valence-corrected chi connectivity index (χ0v) is 10.9. The third kappa shape index (κ3) is 2.60. The summed E-state index contributed by atoms with van der Waals surface area (Å²) in [4.78, 5) is 11.1. The Bertz CT molecular complexity index is 583. The predicted octanol–water partition coefficient (Wildman–Crippen LogP) is 1.97. The van der Waals surface area contributed by atoms with Gasteiger partial charge in [-0.2, -0.15) is 5.26 Å². The molecule has 0 heterocycles. The van der Waals surface area contributed by atoms with Crippen LogP contribution < -0.4 is 10.5 Å². The Morgan fingerprint density at radius 1 is 1.37 bits per heavy atom. The van der Waals surface area contributed by atoms with E-state index in [4.69, 9.17) is 15.7 Å². The molecule has 1 amide bonds. The molecule has 2 N–H and O–H groups in total. The van der Waals surface area contributed by atoms with Crippen LogP contribution in [0, 0.1) is 11.3 Å². The van der Waals surface area contributed by atoms with E-state index in [1.165, 1.54) is 11.1 Å². The van der Waals surface area contributed by atoms with Gasteiger partial charge in [-0.15, -0.1) is 0 Å². The number of fused-ring (bicyclic) bond motifs is 1. The first-order valence-electron chi connectivity index (χ1n) is 6.27. The number of rotatable bonds is 3. The zero-order valence-electron chi connectivity index (χ0n) is 10.9. The maximum Gasteiger partial charge on any atom is 0.259 e. The van der Waals surface area contributed by atoms with Crippen LogP contribution in [0.1, 0.15) is 29.5 Å². The van der Waals surface area contributed by atoms with E-state index in [1.807, 2.05) is 18.2 Å². The summed E-state index contributed by atoms with van der Waals surface area (Å²) < 4.78 is 5.37. The van der Waals surface area contributed by atoms with Crippen LogP contribution in [-0.2, 0) is 17.6 Å². The first-order chi connectivity index (χ1) is 9.17. The molecule has 1 aliphatic rings. The topological polar surface area (TPSA) is 76.1 Å². The lowest BCUT2D eigenvalue weighted by molar-refractivity contribution is -0.114. The highest BCUT2D eigenvalue weighted by molar-refractivity contribution is 6.00. The van der Waals surface area contributed by atoms with Crippen molar-refractivity contribution in [2.24, 2.45) is 5.73 Å². The number of carbonyl (C=O) groups excluding carboxylic acids is 1. The van der Waals surface area contributed by atoms with Gasteiger partial charge in [0.05, 0.1) is 7.11 Å². The number of amides is 1. The van der Waals surface area contributed by atoms with Gasteiger partial charge >= 0.3 is 0 Å². The Balaban J connectivity index is 2.54. The van der Waals surface area contributed by atoms with Crippen LogP contribution in [0.25, 0.3) is 6.08 Å². The lowest BCUT2D eigenvalue weighted by Crippen LogP contribution is -2.13. The van der Waals surface area contributed by atoms with E-state index in [0.29, 0.717) is 0 Å². The van der Waals surface area contributed by atoms with Gasteiger partial charge in [0.25, 0.3) is 5.91 Å². The molecule has 0 saturated heterocycles. The second-order valence-electron chi connectivity index (χ2n) is 4.56. The summed E-state index contributed by atoms with van der Waals surface area (Å²) in [7, 11) is 1.66. The van der Waals surface area contributed by atoms with E-state index in [0.717, 1.165) is 37.0 Å². The zero-order chi connectivity index (χ0) is 13.8. The van der Waals surface area contributed by atoms with E-state index in [-0.39, 0.29) is 5.57 Å². The van der Waals surface area contributed by atoms with Gasteiger partial charge in [0.1, 0.15) is 17.4 Å². The van der Waals surface area contributed by atoms with Gasteiger partial charge in [0, 0.05) is 0 Å². The highest BCUT2D eigenvalue weighted by Crippen LogP contribution is 2.33. The highest BCUT2D eigenvalue weighted by atomic mass is 16.5. The molecule has 0 radical (unpaired) electrons. The molecule has 1 aromatic carbocycles. The van der Waals surface area contributed by atoms with Gasteiger partial charge in [0.15, 0.2) is 0 Å². The maximum atomic E-state index is 11.1. The molecule has 0 aliphatic heterocycles. The summed E-state index contributed by atoms with van der Waals surface area (Å²) in [6.45, 7) is 0. The van der Waals surface area contributed by atoms with Crippen LogP contribution in [0.4, 0.5) is 0 Å². The van der Waals surface area contributed by atoms with Crippen molar-refractivity contribution in [3.05, 3.63) is 34.4 Å². The van der Waals surface area contributed by atoms with Gasteiger partial charge in [-0.25, -0.2) is 0 Å². The average Bonchev–Trinajstić information content (AvgIpc) is 2.44. The number of ether oxygens (including phenoxy) is 1. The molecule has 0 aromatic heterocycles. The lowest BCUT2D eigenvalue weighted by atomic mass is 9.87. The Labute approximate surface area is 112 Å². The summed E-state index contributed by atoms with van der Waals surface area (Å²) in [5.74, 6) is 0.187. The molecule has 0 saturated carbocycles. The number of methoxy groups -OCH3 is 1. The van der Waals surface area contributed by atoms with E-state index in [2.05, 4.69) is 0 Å². The molecule has 0 spiro atoms. The number of nitrogens with zero attached hydrogens (tertiary/aromatic N) is 1. The molecule has 1 aliphatic carbocycles. The van der Waals surface area contributed by atoms with E-state index in [1.54, 1.807) is 13.2 Å². The van der Waals surface area contributed by atoms with Crippen molar-refractivity contribution < 1.29 is 9.53 Å². The van der Waals surface area contributed by atoms with Crippen molar-refractivity contribution in [2.75, 3.05) is 7.11 Å². The van der Waals surface area contributed by atoms with Crippen LogP contribution in [0.3, 0.4) is 0 Å². The third-order valence-electron chi connectivity index (χ3n) is 3.43. The Kier molecular flexibility index (Phi) is 3.86. The minimum Gasteiger partial charge on any atom is -0.496 e. The number of benzene rings is 1. The van der Waals surface area contributed by atoms with Crippen molar-refractivity contribution in [3.63, 3.8) is 0 Å². The second-order valence-corrected chi connectivity index (χ2v) is 4.56. The summed E-state index contributed by atoms with van der Waals surface area (Å²) in [6.07, 6.45) is 5.73. The Morgan fingerprint density at radius 2 is 2.05 bits per heavy atom. The standard InChI is InChI=1S/C15H16N2O2/c1-19-14-7-6-10(8-11(9-16)15(17)18)12-4-2-3-5-13(12)14/h6-8H,2-5H2,1H3,(H2,17,18)/b11-8+. The molecular weight excluding hydrogens is 240 g/mol. The van der Waals surface area contributed by atoms with Crippen molar-refractivity contribution in [1.82, 2.24) is 0 Å². The van der Waals surface area contributed by atoms with Crippen LogP contribution in [0.2, 0.25) is 0 Å². The van der Waals surface area contributed by atoms with Gasteiger partial charge in [-0.05, 0) is 54.5 Å². The fourth-order valence-electron chi connectivity index (χ4n) is 2.50. The summed E-state index contributed by atoms with van der Waals surface area (Å²) in [5.41, 5.74) is 8.40. The molecular formula is C15H16N2O2. The molecule has 0 atom stereocenters. The van der Waals surface area contributed by atoms with Crippen LogP contribution in [0.15, 0.2) is 17.7 Å². The van der Waals surface area contributed by atoms with E-state index < -0.39 is 5.91 Å². The molecule has 19 heavy (non-hydrogen) atoms. The number of hydrogen-bond donors (Lipinski definition) is 1. The minimum atomic E-state index is -0.692. The minimum absolute atomic E-state index is 0.0158. The molecule has 2 rings (SSSR count).